The number of fused-ring (bicyclic) bond motifs is 1. The number of hydrogen-bond acceptors (Lipinski definition) is 3. The number of benzene rings is 2. The number of hydrogen-bond donors (Lipinski definition) is 3. The Morgan fingerprint density at radius 2 is 2.03 bits per heavy atom. The van der Waals surface area contributed by atoms with Gasteiger partial charge in [-0.2, -0.15) is 0 Å². The topological polar surface area (TPSA) is 74.4 Å². The first-order valence-electron chi connectivity index (χ1n) is 8.89. The highest BCUT2D eigenvalue weighted by atomic mass is 35.5. The van der Waals surface area contributed by atoms with E-state index in [1.54, 1.807) is 49.7 Å². The van der Waals surface area contributed by atoms with Gasteiger partial charge in [-0.3, -0.25) is 4.79 Å². The minimum atomic E-state index is -0.995. The Hall–Kier alpha value is -3.46. The molecule has 1 atom stereocenters. The Morgan fingerprint density at radius 1 is 1.21 bits per heavy atom. The Labute approximate surface area is 173 Å². The standard InChI is InChI=1S/C23H17ClN2O3/c1-29-21-10-11-25-19(21)13-17-22-14(4-3-7-18(22)26-23(17)28)8-9-20(27)15-5-2-6-16(24)12-15/h2-7,10-13,20,25,27H,1H3,(H,26,28)/b17-13-. The van der Waals surface area contributed by atoms with Crippen LogP contribution in [0, 0.1) is 11.8 Å². The molecule has 2 heterocycles. The SMILES string of the molecule is COc1cc[nH]c1/C=C1\C(=O)Nc2cccc(C#CC(O)c3cccc(Cl)c3)c21. The minimum absolute atomic E-state index is 0.221. The molecule has 2 aromatic carbocycles. The van der Waals surface area contributed by atoms with Crippen LogP contribution in [0.1, 0.15) is 28.5 Å². The molecule has 0 aliphatic carbocycles. The zero-order valence-corrected chi connectivity index (χ0v) is 16.2. The molecule has 5 nitrogen and oxygen atoms in total. The fourth-order valence-electron chi connectivity index (χ4n) is 3.20. The van der Waals surface area contributed by atoms with Crippen LogP contribution in [0.25, 0.3) is 11.6 Å². The number of rotatable bonds is 3. The van der Waals surface area contributed by atoms with Crippen LogP contribution in [0.4, 0.5) is 5.69 Å². The molecule has 1 aliphatic rings. The summed E-state index contributed by atoms with van der Waals surface area (Å²) >= 11 is 5.98. The Morgan fingerprint density at radius 3 is 2.83 bits per heavy atom. The maximum atomic E-state index is 12.6. The average Bonchev–Trinajstić information content (AvgIpc) is 3.30. The molecular formula is C23H17ClN2O3. The number of anilines is 1. The third kappa shape index (κ3) is 3.77. The van der Waals surface area contributed by atoms with E-state index >= 15 is 0 Å². The molecule has 1 aliphatic heterocycles. The summed E-state index contributed by atoms with van der Waals surface area (Å²) in [6.45, 7) is 0. The number of amides is 1. The summed E-state index contributed by atoms with van der Waals surface area (Å²) in [6.07, 6.45) is 2.48. The normalized spacial score (nSPS) is 14.7. The molecule has 1 unspecified atom stereocenters. The number of aromatic amines is 1. The molecule has 3 N–H and O–H groups in total. The summed E-state index contributed by atoms with van der Waals surface area (Å²) in [6, 6.07) is 14.2. The van der Waals surface area contributed by atoms with E-state index in [1.165, 1.54) is 0 Å². The molecule has 29 heavy (non-hydrogen) atoms. The molecule has 0 fully saturated rings. The van der Waals surface area contributed by atoms with Crippen molar-refractivity contribution in [2.75, 3.05) is 12.4 Å². The Kier molecular flexibility index (Phi) is 5.13. The lowest BCUT2D eigenvalue weighted by Gasteiger charge is -2.05. The molecule has 3 aromatic rings. The van der Waals surface area contributed by atoms with Crippen molar-refractivity contribution in [1.82, 2.24) is 4.98 Å². The van der Waals surface area contributed by atoms with E-state index in [2.05, 4.69) is 22.1 Å². The van der Waals surface area contributed by atoms with Crippen molar-refractivity contribution >= 4 is 34.8 Å². The smallest absolute Gasteiger partial charge is 0.256 e. The lowest BCUT2D eigenvalue weighted by molar-refractivity contribution is -0.110. The molecular weight excluding hydrogens is 388 g/mol. The van der Waals surface area contributed by atoms with Crippen molar-refractivity contribution in [3.05, 3.63) is 82.1 Å². The van der Waals surface area contributed by atoms with Crippen molar-refractivity contribution in [2.24, 2.45) is 0 Å². The summed E-state index contributed by atoms with van der Waals surface area (Å²) in [5.41, 5.74) is 3.78. The quantitative estimate of drug-likeness (QED) is 0.451. The van der Waals surface area contributed by atoms with Gasteiger partial charge >= 0.3 is 0 Å². The van der Waals surface area contributed by atoms with E-state index in [-0.39, 0.29) is 5.91 Å². The van der Waals surface area contributed by atoms with Gasteiger partial charge < -0.3 is 20.1 Å². The van der Waals surface area contributed by atoms with Gasteiger partial charge in [0.05, 0.1) is 24.1 Å². The first-order valence-corrected chi connectivity index (χ1v) is 9.27. The van der Waals surface area contributed by atoms with Crippen LogP contribution in [-0.2, 0) is 4.79 Å². The number of methoxy groups -OCH3 is 1. The van der Waals surface area contributed by atoms with Crippen molar-refractivity contribution in [2.45, 2.75) is 6.10 Å². The van der Waals surface area contributed by atoms with Gasteiger partial charge in [-0.15, -0.1) is 0 Å². The van der Waals surface area contributed by atoms with E-state index in [0.717, 1.165) is 0 Å². The van der Waals surface area contributed by atoms with Crippen molar-refractivity contribution < 1.29 is 14.6 Å². The van der Waals surface area contributed by atoms with Crippen molar-refractivity contribution in [3.63, 3.8) is 0 Å². The minimum Gasteiger partial charge on any atom is -0.495 e. The number of carbonyl (C=O) groups is 1. The fourth-order valence-corrected chi connectivity index (χ4v) is 3.40. The lowest BCUT2D eigenvalue weighted by Crippen LogP contribution is -2.03. The van der Waals surface area contributed by atoms with Crippen LogP contribution in [0.3, 0.4) is 0 Å². The monoisotopic (exact) mass is 404 g/mol. The van der Waals surface area contributed by atoms with Crippen LogP contribution in [0.2, 0.25) is 5.02 Å². The molecule has 4 rings (SSSR count). The van der Waals surface area contributed by atoms with Crippen molar-refractivity contribution in [3.8, 4) is 17.6 Å². The Balaban J connectivity index is 1.74. The van der Waals surface area contributed by atoms with Gasteiger partial charge in [-0.25, -0.2) is 0 Å². The number of halogens is 1. The summed E-state index contributed by atoms with van der Waals surface area (Å²) in [7, 11) is 1.57. The van der Waals surface area contributed by atoms with Gasteiger partial charge in [0.15, 0.2) is 0 Å². The van der Waals surface area contributed by atoms with Crippen LogP contribution >= 0.6 is 11.6 Å². The average molecular weight is 405 g/mol. The number of carbonyl (C=O) groups excluding carboxylic acids is 1. The highest BCUT2D eigenvalue weighted by Gasteiger charge is 2.27. The van der Waals surface area contributed by atoms with Gasteiger partial charge in [0.25, 0.3) is 5.91 Å². The molecule has 0 saturated carbocycles. The molecule has 0 spiro atoms. The second-order valence-corrected chi connectivity index (χ2v) is 6.86. The molecule has 144 valence electrons. The highest BCUT2D eigenvalue weighted by Crippen LogP contribution is 2.36. The van der Waals surface area contributed by atoms with Gasteiger partial charge in [-0.05, 0) is 42.0 Å². The molecule has 0 saturated heterocycles. The fraction of sp³-hybridized carbons (Fsp3) is 0.0870. The Bertz CT molecular complexity index is 1180. The van der Waals surface area contributed by atoms with Gasteiger partial charge in [0.2, 0.25) is 0 Å². The maximum absolute atomic E-state index is 12.6. The summed E-state index contributed by atoms with van der Waals surface area (Å²) < 4.78 is 5.31. The van der Waals surface area contributed by atoms with E-state index in [9.17, 15) is 9.90 Å². The largest absolute Gasteiger partial charge is 0.495 e. The molecule has 1 aromatic heterocycles. The van der Waals surface area contributed by atoms with E-state index in [1.807, 2.05) is 18.2 Å². The van der Waals surface area contributed by atoms with E-state index < -0.39 is 6.10 Å². The lowest BCUT2D eigenvalue weighted by atomic mass is 9.99. The second-order valence-electron chi connectivity index (χ2n) is 6.43. The predicted octanol–water partition coefficient (Wildman–Crippen LogP) is 4.25. The maximum Gasteiger partial charge on any atom is 0.256 e. The van der Waals surface area contributed by atoms with Crippen LogP contribution in [-0.4, -0.2) is 23.1 Å². The molecule has 6 heteroatoms. The van der Waals surface area contributed by atoms with Gasteiger partial charge in [-0.1, -0.05) is 41.6 Å². The van der Waals surface area contributed by atoms with Gasteiger partial charge in [0, 0.05) is 22.3 Å². The molecule has 0 radical (unpaired) electrons. The number of aliphatic hydroxyl groups is 1. The summed E-state index contributed by atoms with van der Waals surface area (Å²) in [5, 5.41) is 13.8. The number of aliphatic hydroxyl groups excluding tert-OH is 1. The summed E-state index contributed by atoms with van der Waals surface area (Å²) in [5.74, 6) is 6.26. The van der Waals surface area contributed by atoms with E-state index in [0.29, 0.717) is 44.4 Å². The summed E-state index contributed by atoms with van der Waals surface area (Å²) in [4.78, 5) is 15.6. The number of ether oxygens (including phenoxy) is 1. The zero-order chi connectivity index (χ0) is 20.4. The third-order valence-corrected chi connectivity index (χ3v) is 4.82. The number of aromatic nitrogens is 1. The first kappa shape index (κ1) is 18.9. The third-order valence-electron chi connectivity index (χ3n) is 4.58. The van der Waals surface area contributed by atoms with Crippen LogP contribution < -0.4 is 10.1 Å². The first-order chi connectivity index (χ1) is 14.1. The second kappa shape index (κ2) is 7.88. The van der Waals surface area contributed by atoms with Crippen molar-refractivity contribution in [1.29, 1.82) is 0 Å². The van der Waals surface area contributed by atoms with Crippen LogP contribution in [0.15, 0.2) is 54.7 Å². The number of nitrogens with one attached hydrogen (secondary N) is 2. The van der Waals surface area contributed by atoms with Gasteiger partial charge in [0.1, 0.15) is 11.9 Å². The number of H-pyrrole nitrogens is 1. The predicted molar refractivity (Wildman–Crippen MR) is 114 cm³/mol. The van der Waals surface area contributed by atoms with Crippen LogP contribution in [0.5, 0.6) is 5.75 Å². The molecule has 1 amide bonds. The van der Waals surface area contributed by atoms with E-state index in [4.69, 9.17) is 16.3 Å². The molecule has 0 bridgehead atoms. The zero-order valence-electron chi connectivity index (χ0n) is 15.5. The highest BCUT2D eigenvalue weighted by molar-refractivity contribution is 6.35.